The van der Waals surface area contributed by atoms with Crippen LogP contribution in [0.3, 0.4) is 0 Å². The molecule has 0 spiro atoms. The largest absolute Gasteiger partial charge is 0.477 e. The number of carboxylic acids is 1. The van der Waals surface area contributed by atoms with Crippen molar-refractivity contribution in [2.75, 3.05) is 0 Å². The SMILES string of the molecule is CCc1c(C#N)c(-c2ccc(C(O)c3ccccc3)cc2)c(C(=O)O)n1C. The predicted octanol–water partition coefficient (Wildman–Crippen LogP) is 3.91. The summed E-state index contributed by atoms with van der Waals surface area (Å²) < 4.78 is 1.57. The van der Waals surface area contributed by atoms with Crippen molar-refractivity contribution in [2.24, 2.45) is 7.05 Å². The van der Waals surface area contributed by atoms with Gasteiger partial charge in [0.25, 0.3) is 0 Å². The molecule has 3 rings (SSSR count). The van der Waals surface area contributed by atoms with Gasteiger partial charge < -0.3 is 14.8 Å². The van der Waals surface area contributed by atoms with Crippen LogP contribution in [0.15, 0.2) is 54.6 Å². The van der Waals surface area contributed by atoms with E-state index in [9.17, 15) is 20.3 Å². The van der Waals surface area contributed by atoms with Crippen LogP contribution in [0, 0.1) is 11.3 Å². The zero-order valence-corrected chi connectivity index (χ0v) is 15.2. The van der Waals surface area contributed by atoms with E-state index in [0.717, 1.165) is 5.56 Å². The van der Waals surface area contributed by atoms with Gasteiger partial charge in [-0.3, -0.25) is 0 Å². The number of carboxylic acid groups (broad SMARTS) is 1. The quantitative estimate of drug-likeness (QED) is 0.722. The fourth-order valence-corrected chi connectivity index (χ4v) is 3.46. The van der Waals surface area contributed by atoms with Crippen LogP contribution in [0.25, 0.3) is 11.1 Å². The third-order valence-corrected chi connectivity index (χ3v) is 4.80. The Morgan fingerprint density at radius 3 is 2.22 bits per heavy atom. The van der Waals surface area contributed by atoms with Gasteiger partial charge in [-0.25, -0.2) is 4.79 Å². The van der Waals surface area contributed by atoms with E-state index in [2.05, 4.69) is 6.07 Å². The number of carbonyl (C=O) groups is 1. The van der Waals surface area contributed by atoms with Crippen molar-refractivity contribution in [1.29, 1.82) is 5.26 Å². The molecule has 0 bridgehead atoms. The smallest absolute Gasteiger partial charge is 0.353 e. The molecular formula is C22H20N2O3. The van der Waals surface area contributed by atoms with Crippen molar-refractivity contribution in [3.8, 4) is 17.2 Å². The maximum Gasteiger partial charge on any atom is 0.353 e. The van der Waals surface area contributed by atoms with Gasteiger partial charge in [0.05, 0.1) is 5.56 Å². The number of hydrogen-bond donors (Lipinski definition) is 2. The first-order valence-electron chi connectivity index (χ1n) is 8.67. The lowest BCUT2D eigenvalue weighted by Crippen LogP contribution is -2.07. The van der Waals surface area contributed by atoms with Gasteiger partial charge in [0.2, 0.25) is 0 Å². The molecule has 2 aromatic carbocycles. The number of aromatic nitrogens is 1. The molecule has 0 fully saturated rings. The van der Waals surface area contributed by atoms with E-state index in [0.29, 0.717) is 34.4 Å². The molecule has 0 radical (unpaired) electrons. The number of benzene rings is 2. The fraction of sp³-hybridized carbons (Fsp3) is 0.182. The third kappa shape index (κ3) is 3.23. The Balaban J connectivity index is 2.08. The van der Waals surface area contributed by atoms with E-state index < -0.39 is 12.1 Å². The summed E-state index contributed by atoms with van der Waals surface area (Å²) in [5.74, 6) is -1.07. The Hall–Kier alpha value is -3.36. The zero-order valence-electron chi connectivity index (χ0n) is 15.2. The molecule has 0 saturated carbocycles. The summed E-state index contributed by atoms with van der Waals surface area (Å²) in [5.41, 5.74) is 3.72. The summed E-state index contributed by atoms with van der Waals surface area (Å²) in [5, 5.41) is 29.8. The standard InChI is InChI=1S/C22H20N2O3/c1-3-18-17(13-23)19(20(22(26)27)24(18)2)14-9-11-16(12-10-14)21(25)15-7-5-4-6-8-15/h4-12,21,25H,3H2,1-2H3,(H,26,27). The molecule has 1 atom stereocenters. The van der Waals surface area contributed by atoms with Crippen LogP contribution in [0.2, 0.25) is 0 Å². The van der Waals surface area contributed by atoms with Crippen LogP contribution >= 0.6 is 0 Å². The number of hydrogen-bond acceptors (Lipinski definition) is 3. The third-order valence-electron chi connectivity index (χ3n) is 4.80. The number of aromatic carboxylic acids is 1. The highest BCUT2D eigenvalue weighted by atomic mass is 16.4. The molecule has 136 valence electrons. The minimum atomic E-state index is -1.07. The molecule has 0 amide bonds. The minimum Gasteiger partial charge on any atom is -0.477 e. The fourth-order valence-electron chi connectivity index (χ4n) is 3.46. The monoisotopic (exact) mass is 360 g/mol. The number of nitriles is 1. The summed E-state index contributed by atoms with van der Waals surface area (Å²) in [7, 11) is 1.67. The lowest BCUT2D eigenvalue weighted by Gasteiger charge is -2.12. The molecule has 1 unspecified atom stereocenters. The predicted molar refractivity (Wildman–Crippen MR) is 102 cm³/mol. The molecule has 5 nitrogen and oxygen atoms in total. The summed E-state index contributed by atoms with van der Waals surface area (Å²) in [4.78, 5) is 11.8. The van der Waals surface area contributed by atoms with E-state index in [4.69, 9.17) is 0 Å². The van der Waals surface area contributed by atoms with Gasteiger partial charge in [-0.2, -0.15) is 5.26 Å². The van der Waals surface area contributed by atoms with E-state index >= 15 is 0 Å². The van der Waals surface area contributed by atoms with Gasteiger partial charge in [0.15, 0.2) is 0 Å². The number of rotatable bonds is 5. The Kier molecular flexibility index (Phi) is 5.11. The Labute approximate surface area is 157 Å². The van der Waals surface area contributed by atoms with E-state index in [1.54, 1.807) is 35.9 Å². The first-order valence-corrected chi connectivity index (χ1v) is 8.67. The normalized spacial score (nSPS) is 11.8. The number of nitrogens with zero attached hydrogens (tertiary/aromatic N) is 2. The van der Waals surface area contributed by atoms with E-state index in [-0.39, 0.29) is 5.69 Å². The molecule has 1 heterocycles. The molecule has 0 saturated heterocycles. The van der Waals surface area contributed by atoms with Crippen LogP contribution in [0.4, 0.5) is 0 Å². The topological polar surface area (TPSA) is 86.2 Å². The lowest BCUT2D eigenvalue weighted by molar-refractivity contribution is 0.0687. The van der Waals surface area contributed by atoms with Gasteiger partial charge >= 0.3 is 5.97 Å². The minimum absolute atomic E-state index is 0.0970. The second kappa shape index (κ2) is 7.48. The van der Waals surface area contributed by atoms with Crippen molar-refractivity contribution in [3.05, 3.63) is 82.7 Å². The molecule has 0 aliphatic heterocycles. The van der Waals surface area contributed by atoms with Crippen molar-refractivity contribution in [1.82, 2.24) is 4.57 Å². The van der Waals surface area contributed by atoms with Crippen LogP contribution in [0.5, 0.6) is 0 Å². The number of aliphatic hydroxyl groups excluding tert-OH is 1. The van der Waals surface area contributed by atoms with Crippen molar-refractivity contribution in [2.45, 2.75) is 19.4 Å². The van der Waals surface area contributed by atoms with Crippen molar-refractivity contribution < 1.29 is 15.0 Å². The van der Waals surface area contributed by atoms with Crippen LogP contribution in [-0.2, 0) is 13.5 Å². The van der Waals surface area contributed by atoms with Gasteiger partial charge in [0.1, 0.15) is 17.9 Å². The van der Waals surface area contributed by atoms with Gasteiger partial charge in [-0.1, -0.05) is 61.5 Å². The van der Waals surface area contributed by atoms with Gasteiger partial charge in [-0.15, -0.1) is 0 Å². The first kappa shape index (κ1) is 18.4. The van der Waals surface area contributed by atoms with E-state index in [1.165, 1.54) is 0 Å². The Morgan fingerprint density at radius 1 is 1.11 bits per heavy atom. The molecule has 27 heavy (non-hydrogen) atoms. The van der Waals surface area contributed by atoms with E-state index in [1.807, 2.05) is 37.3 Å². The van der Waals surface area contributed by atoms with Crippen LogP contribution in [0.1, 0.15) is 45.9 Å². The molecule has 1 aromatic heterocycles. The second-order valence-corrected chi connectivity index (χ2v) is 6.31. The highest BCUT2D eigenvalue weighted by Gasteiger charge is 2.25. The van der Waals surface area contributed by atoms with Crippen LogP contribution in [-0.4, -0.2) is 20.7 Å². The molecule has 3 aromatic rings. The van der Waals surface area contributed by atoms with Gasteiger partial charge in [-0.05, 0) is 23.1 Å². The molecule has 0 aliphatic carbocycles. The maximum atomic E-state index is 11.8. The average Bonchev–Trinajstić information content (AvgIpc) is 2.99. The Morgan fingerprint density at radius 2 is 1.70 bits per heavy atom. The first-order chi connectivity index (χ1) is 13.0. The Bertz CT molecular complexity index is 1010. The van der Waals surface area contributed by atoms with Crippen molar-refractivity contribution >= 4 is 5.97 Å². The summed E-state index contributed by atoms with van der Waals surface area (Å²) in [6, 6.07) is 18.5. The average molecular weight is 360 g/mol. The van der Waals surface area contributed by atoms with Crippen molar-refractivity contribution in [3.63, 3.8) is 0 Å². The summed E-state index contributed by atoms with van der Waals surface area (Å²) in [6.45, 7) is 1.89. The maximum absolute atomic E-state index is 11.8. The molecular weight excluding hydrogens is 340 g/mol. The van der Waals surface area contributed by atoms with Crippen LogP contribution < -0.4 is 0 Å². The highest BCUT2D eigenvalue weighted by Crippen LogP contribution is 2.33. The lowest BCUT2D eigenvalue weighted by atomic mass is 9.96. The van der Waals surface area contributed by atoms with Gasteiger partial charge in [0, 0.05) is 18.3 Å². The zero-order chi connectivity index (χ0) is 19.6. The second-order valence-electron chi connectivity index (χ2n) is 6.31. The number of aliphatic hydroxyl groups is 1. The summed E-state index contributed by atoms with van der Waals surface area (Å²) >= 11 is 0. The molecule has 0 aliphatic rings. The highest BCUT2D eigenvalue weighted by molar-refractivity contribution is 5.97. The molecule has 5 heteroatoms. The molecule has 2 N–H and O–H groups in total. The summed E-state index contributed by atoms with van der Waals surface area (Å²) in [6.07, 6.45) is -0.207.